The van der Waals surface area contributed by atoms with Crippen LogP contribution in [0.25, 0.3) is 0 Å². The lowest BCUT2D eigenvalue weighted by Gasteiger charge is -2.01. The summed E-state index contributed by atoms with van der Waals surface area (Å²) in [4.78, 5) is 10.4. The Hall–Kier alpha value is -1.70. The molecule has 0 fully saturated rings. The van der Waals surface area contributed by atoms with Crippen molar-refractivity contribution < 1.29 is 27.6 Å². The molecule has 0 aromatic heterocycles. The molecule has 0 aliphatic heterocycles. The zero-order valence-corrected chi connectivity index (χ0v) is 12.1. The number of carbonyl (C=O) groups is 1. The number of ether oxygens (including phenoxy) is 1. The van der Waals surface area contributed by atoms with E-state index in [1.54, 1.807) is 25.1 Å². The Kier molecular flexibility index (Phi) is 7.75. The van der Waals surface area contributed by atoms with E-state index in [1.807, 2.05) is 0 Å². The van der Waals surface area contributed by atoms with Crippen LogP contribution in [0, 0.1) is 6.92 Å². The van der Waals surface area contributed by atoms with Gasteiger partial charge in [-0.05, 0) is 25.5 Å². The summed E-state index contributed by atoms with van der Waals surface area (Å²) in [5, 5.41) is 8.54. The summed E-state index contributed by atoms with van der Waals surface area (Å²) in [5.74, 6) is -0.616. The fourth-order valence-electron chi connectivity index (χ4n) is 1.11. The minimum atomic E-state index is -4.03. The van der Waals surface area contributed by atoms with Crippen LogP contribution in [0.2, 0.25) is 0 Å². The molecular formula is C13H18O6S. The topological polar surface area (TPSA) is 101 Å². The first-order valence-corrected chi connectivity index (χ1v) is 7.13. The van der Waals surface area contributed by atoms with Gasteiger partial charge in [-0.3, -0.25) is 4.55 Å². The highest BCUT2D eigenvalue weighted by molar-refractivity contribution is 7.85. The third-order valence-electron chi connectivity index (χ3n) is 2.06. The molecule has 7 heteroatoms. The molecule has 0 saturated carbocycles. The molecule has 0 heterocycles. The number of aliphatic hydroxyl groups excluding tert-OH is 1. The summed E-state index contributed by atoms with van der Waals surface area (Å²) >= 11 is 0. The number of aliphatic hydroxyl groups is 1. The van der Waals surface area contributed by atoms with Gasteiger partial charge >= 0.3 is 5.97 Å². The molecule has 112 valence electrons. The number of esters is 1. The summed E-state index contributed by atoms with van der Waals surface area (Å²) in [7, 11) is -4.03. The second-order valence-electron chi connectivity index (χ2n) is 3.84. The lowest BCUT2D eigenvalue weighted by atomic mass is 10.2. The maximum atomic E-state index is 10.6. The Balaban J connectivity index is 0.000000370. The molecule has 1 aromatic rings. The monoisotopic (exact) mass is 302 g/mol. The molecule has 0 radical (unpaired) electrons. The van der Waals surface area contributed by atoms with Crippen LogP contribution in [-0.2, 0) is 19.6 Å². The summed E-state index contributed by atoms with van der Waals surface area (Å²) in [5.41, 5.74) is 0.551. The van der Waals surface area contributed by atoms with E-state index in [0.29, 0.717) is 5.56 Å². The van der Waals surface area contributed by atoms with Crippen molar-refractivity contribution in [1.29, 1.82) is 0 Å². The van der Waals surface area contributed by atoms with E-state index in [1.165, 1.54) is 19.1 Å². The highest BCUT2D eigenvalue weighted by atomic mass is 32.2. The van der Waals surface area contributed by atoms with E-state index in [-0.39, 0.29) is 11.5 Å². The molecule has 0 aliphatic rings. The highest BCUT2D eigenvalue weighted by Gasteiger charge is 2.10. The van der Waals surface area contributed by atoms with Crippen molar-refractivity contribution in [2.45, 2.75) is 24.8 Å². The SMILES string of the molecule is C=CCOC(=O)C(C)O.Cc1ccccc1S(=O)(=O)O. The summed E-state index contributed by atoms with van der Waals surface area (Å²) < 4.78 is 34.3. The van der Waals surface area contributed by atoms with E-state index >= 15 is 0 Å². The zero-order chi connectivity index (χ0) is 15.8. The second-order valence-corrected chi connectivity index (χ2v) is 5.23. The quantitative estimate of drug-likeness (QED) is 0.494. The second kappa shape index (κ2) is 8.47. The molecule has 1 atom stereocenters. The van der Waals surface area contributed by atoms with E-state index in [4.69, 9.17) is 9.66 Å². The molecule has 0 amide bonds. The van der Waals surface area contributed by atoms with Gasteiger partial charge in [-0.25, -0.2) is 4.79 Å². The molecule has 0 bridgehead atoms. The minimum Gasteiger partial charge on any atom is -0.460 e. The van der Waals surface area contributed by atoms with Crippen molar-refractivity contribution in [3.05, 3.63) is 42.5 Å². The van der Waals surface area contributed by atoms with Crippen LogP contribution in [0.3, 0.4) is 0 Å². The van der Waals surface area contributed by atoms with Crippen LogP contribution < -0.4 is 0 Å². The normalized spacial score (nSPS) is 11.8. The van der Waals surface area contributed by atoms with Gasteiger partial charge in [0.05, 0.1) is 4.90 Å². The van der Waals surface area contributed by atoms with Gasteiger partial charge in [0.25, 0.3) is 10.1 Å². The lowest BCUT2D eigenvalue weighted by Crippen LogP contribution is -2.19. The van der Waals surface area contributed by atoms with Gasteiger partial charge in [0, 0.05) is 0 Å². The largest absolute Gasteiger partial charge is 0.460 e. The molecule has 0 aliphatic carbocycles. The molecule has 20 heavy (non-hydrogen) atoms. The van der Waals surface area contributed by atoms with Crippen LogP contribution in [0.5, 0.6) is 0 Å². The number of hydrogen-bond donors (Lipinski definition) is 2. The van der Waals surface area contributed by atoms with Gasteiger partial charge in [0.1, 0.15) is 12.7 Å². The van der Waals surface area contributed by atoms with E-state index < -0.39 is 22.2 Å². The predicted octanol–water partition coefficient (Wildman–Crippen LogP) is 1.34. The molecule has 0 saturated heterocycles. The van der Waals surface area contributed by atoms with Gasteiger partial charge in [0.15, 0.2) is 0 Å². The fourth-order valence-corrected chi connectivity index (χ4v) is 1.83. The van der Waals surface area contributed by atoms with E-state index in [0.717, 1.165) is 0 Å². The van der Waals surface area contributed by atoms with Crippen molar-refractivity contribution in [2.24, 2.45) is 0 Å². The number of benzene rings is 1. The first-order valence-electron chi connectivity index (χ1n) is 5.69. The van der Waals surface area contributed by atoms with Crippen molar-refractivity contribution in [2.75, 3.05) is 6.61 Å². The first-order chi connectivity index (χ1) is 9.20. The zero-order valence-electron chi connectivity index (χ0n) is 11.3. The van der Waals surface area contributed by atoms with Crippen molar-refractivity contribution in [1.82, 2.24) is 0 Å². The Morgan fingerprint density at radius 1 is 1.45 bits per heavy atom. The van der Waals surface area contributed by atoms with Gasteiger partial charge in [-0.2, -0.15) is 8.42 Å². The Bertz CT molecular complexity index is 548. The summed E-state index contributed by atoms with van der Waals surface area (Å²) in [6.07, 6.45) is 0.408. The van der Waals surface area contributed by atoms with Gasteiger partial charge in [0.2, 0.25) is 0 Å². The molecule has 6 nitrogen and oxygen atoms in total. The van der Waals surface area contributed by atoms with E-state index in [2.05, 4.69) is 11.3 Å². The molecule has 2 N–H and O–H groups in total. The molecule has 1 aromatic carbocycles. The summed E-state index contributed by atoms with van der Waals surface area (Å²) in [6.45, 7) is 6.47. The van der Waals surface area contributed by atoms with E-state index in [9.17, 15) is 13.2 Å². The highest BCUT2D eigenvalue weighted by Crippen LogP contribution is 2.12. The number of aryl methyl sites for hydroxylation is 1. The summed E-state index contributed by atoms with van der Waals surface area (Å²) in [6, 6.07) is 6.27. The third-order valence-corrected chi connectivity index (χ3v) is 3.07. The maximum Gasteiger partial charge on any atom is 0.334 e. The number of rotatable bonds is 4. The van der Waals surface area contributed by atoms with Crippen molar-refractivity contribution in [3.63, 3.8) is 0 Å². The van der Waals surface area contributed by atoms with Crippen molar-refractivity contribution in [3.8, 4) is 0 Å². The first kappa shape index (κ1) is 18.3. The average molecular weight is 302 g/mol. The predicted molar refractivity (Wildman–Crippen MR) is 73.8 cm³/mol. The standard InChI is InChI=1S/C7H8O3S.C6H10O3/c1-6-4-2-3-5-7(6)11(8,9)10;1-3-4-9-6(8)5(2)7/h2-5H,1H3,(H,8,9,10);3,5,7H,1,4H2,2H3. The van der Waals surface area contributed by atoms with Crippen molar-refractivity contribution >= 4 is 16.1 Å². The molecule has 0 spiro atoms. The maximum absolute atomic E-state index is 10.6. The van der Waals surface area contributed by atoms with Gasteiger partial charge < -0.3 is 9.84 Å². The Morgan fingerprint density at radius 3 is 2.35 bits per heavy atom. The average Bonchev–Trinajstić information content (AvgIpc) is 2.35. The number of hydrogen-bond acceptors (Lipinski definition) is 5. The molecule has 1 unspecified atom stereocenters. The van der Waals surface area contributed by atoms with Crippen LogP contribution in [-0.4, -0.2) is 36.8 Å². The third kappa shape index (κ3) is 7.03. The lowest BCUT2D eigenvalue weighted by molar-refractivity contribution is -0.151. The van der Waals surface area contributed by atoms with Crippen LogP contribution in [0.15, 0.2) is 41.8 Å². The minimum absolute atomic E-state index is 0.0278. The smallest absolute Gasteiger partial charge is 0.334 e. The van der Waals surface area contributed by atoms with Gasteiger partial charge in [-0.15, -0.1) is 0 Å². The van der Waals surface area contributed by atoms with Crippen LogP contribution in [0.4, 0.5) is 0 Å². The Labute approximate surface area is 118 Å². The Morgan fingerprint density at radius 2 is 2.00 bits per heavy atom. The van der Waals surface area contributed by atoms with Crippen LogP contribution >= 0.6 is 0 Å². The molecule has 1 rings (SSSR count). The number of carbonyl (C=O) groups excluding carboxylic acids is 1. The fraction of sp³-hybridized carbons (Fsp3) is 0.308. The van der Waals surface area contributed by atoms with Gasteiger partial charge in [-0.1, -0.05) is 30.9 Å². The molecular weight excluding hydrogens is 284 g/mol. The van der Waals surface area contributed by atoms with Crippen LogP contribution in [0.1, 0.15) is 12.5 Å².